The molecular weight excluding hydrogens is 76.1 g/mol. The van der Waals surface area contributed by atoms with Crippen LogP contribution in [0.4, 0.5) is 0 Å². The fourth-order valence-corrected chi connectivity index (χ4v) is 0.707. The molecule has 0 spiro atoms. The van der Waals surface area contributed by atoms with Gasteiger partial charge in [0, 0.05) is 10.2 Å². The Morgan fingerprint density at radius 3 is 2.40 bits per heavy atom. The van der Waals surface area contributed by atoms with Crippen LogP contribution in [0.3, 0.4) is 0 Å². The third-order valence-electron chi connectivity index (χ3n) is 0.471. The van der Waals surface area contributed by atoms with E-state index in [2.05, 4.69) is 19.1 Å². The summed E-state index contributed by atoms with van der Waals surface area (Å²) in [5, 5.41) is 0. The van der Waals surface area contributed by atoms with Crippen LogP contribution in [0.15, 0.2) is 12.2 Å². The van der Waals surface area contributed by atoms with Crippen LogP contribution >= 0.6 is 0 Å². The monoisotopic (exact) mass is 86.1 g/mol. The average molecular weight is 86.2 g/mol. The third-order valence-corrected chi connectivity index (χ3v) is 0.943. The van der Waals surface area contributed by atoms with Gasteiger partial charge >= 0.3 is 0 Å². The first-order valence-corrected chi connectivity index (χ1v) is 3.44. The maximum atomic E-state index is 2.19. The molecular formula is C4H10Si. The summed E-state index contributed by atoms with van der Waals surface area (Å²) in [4.78, 5) is 0. The normalized spacial score (nSPS) is 10.6. The maximum Gasteiger partial charge on any atom is 0.00754 e. The third kappa shape index (κ3) is 3.96. The lowest BCUT2D eigenvalue weighted by atomic mass is 10.6. The smallest absolute Gasteiger partial charge is 0.00754 e. The van der Waals surface area contributed by atoms with Crippen molar-refractivity contribution >= 4 is 10.2 Å². The fourth-order valence-electron chi connectivity index (χ4n) is 0.236. The maximum absolute atomic E-state index is 2.19. The van der Waals surface area contributed by atoms with Gasteiger partial charge in [0.25, 0.3) is 0 Å². The van der Waals surface area contributed by atoms with E-state index in [9.17, 15) is 0 Å². The predicted molar refractivity (Wildman–Crippen MR) is 29.6 cm³/mol. The lowest BCUT2D eigenvalue weighted by Gasteiger charge is -1.64. The summed E-state index contributed by atoms with van der Waals surface area (Å²) in [6.45, 7) is 2.05. The summed E-state index contributed by atoms with van der Waals surface area (Å²) in [6, 6.07) is 1.30. The van der Waals surface area contributed by atoms with E-state index in [1.54, 1.807) is 0 Å². The summed E-state index contributed by atoms with van der Waals surface area (Å²) < 4.78 is 0. The van der Waals surface area contributed by atoms with Crippen LogP contribution in [0.2, 0.25) is 6.04 Å². The van der Waals surface area contributed by atoms with Gasteiger partial charge in [-0.2, -0.15) is 0 Å². The fraction of sp³-hybridized carbons (Fsp3) is 0.500. The van der Waals surface area contributed by atoms with Crippen LogP contribution in [0.5, 0.6) is 0 Å². The van der Waals surface area contributed by atoms with E-state index in [0.717, 1.165) is 0 Å². The van der Waals surface area contributed by atoms with Crippen LogP contribution < -0.4 is 0 Å². The second-order valence-electron chi connectivity index (χ2n) is 0.977. The molecule has 0 aromatic rings. The minimum absolute atomic E-state index is 1.30. The molecule has 0 saturated carbocycles. The first kappa shape index (κ1) is 4.96. The Kier molecular flexibility index (Phi) is 3.92. The molecule has 0 rings (SSSR count). The van der Waals surface area contributed by atoms with E-state index in [4.69, 9.17) is 0 Å². The van der Waals surface area contributed by atoms with Crippen LogP contribution in [0.1, 0.15) is 6.92 Å². The van der Waals surface area contributed by atoms with E-state index < -0.39 is 0 Å². The summed E-state index contributed by atoms with van der Waals surface area (Å²) in [7, 11) is 1.31. The van der Waals surface area contributed by atoms with Crippen molar-refractivity contribution in [3.05, 3.63) is 12.2 Å². The van der Waals surface area contributed by atoms with Gasteiger partial charge in [0.1, 0.15) is 0 Å². The highest BCUT2D eigenvalue weighted by molar-refractivity contribution is 6.09. The molecule has 0 saturated heterocycles. The zero-order valence-corrected chi connectivity index (χ0v) is 5.86. The molecule has 0 bridgehead atoms. The largest absolute Gasteiger partial charge is 0.0924 e. The second-order valence-corrected chi connectivity index (χ2v) is 1.79. The number of hydrogen-bond acceptors (Lipinski definition) is 0. The van der Waals surface area contributed by atoms with Crippen molar-refractivity contribution in [1.82, 2.24) is 0 Å². The van der Waals surface area contributed by atoms with Crippen molar-refractivity contribution in [1.29, 1.82) is 0 Å². The Morgan fingerprint density at radius 1 is 1.80 bits per heavy atom. The summed E-state index contributed by atoms with van der Waals surface area (Å²) in [5.41, 5.74) is 0. The molecule has 0 aliphatic heterocycles. The van der Waals surface area contributed by atoms with Gasteiger partial charge < -0.3 is 0 Å². The molecule has 5 heavy (non-hydrogen) atoms. The van der Waals surface area contributed by atoms with E-state index >= 15 is 0 Å². The van der Waals surface area contributed by atoms with Crippen LogP contribution in [-0.2, 0) is 0 Å². The summed E-state index contributed by atoms with van der Waals surface area (Å²) in [5.74, 6) is 0. The van der Waals surface area contributed by atoms with Crippen LogP contribution in [0, 0.1) is 0 Å². The Labute approximate surface area is 36.3 Å². The molecule has 0 aromatic heterocycles. The lowest BCUT2D eigenvalue weighted by Crippen LogP contribution is -1.51. The summed E-state index contributed by atoms with van der Waals surface area (Å²) >= 11 is 0. The van der Waals surface area contributed by atoms with Gasteiger partial charge in [-0.15, -0.1) is 0 Å². The standard InChI is InChI=1S/C4H10Si/c1-2-3-4-5/h2-3H,4H2,1,5H3. The first-order valence-electron chi connectivity index (χ1n) is 2.03. The number of hydrogen-bond donors (Lipinski definition) is 0. The van der Waals surface area contributed by atoms with Crippen molar-refractivity contribution in [3.8, 4) is 0 Å². The van der Waals surface area contributed by atoms with Gasteiger partial charge in [0.2, 0.25) is 0 Å². The lowest BCUT2D eigenvalue weighted by molar-refractivity contribution is 1.63. The zero-order valence-electron chi connectivity index (χ0n) is 3.86. The van der Waals surface area contributed by atoms with E-state index in [-0.39, 0.29) is 0 Å². The zero-order chi connectivity index (χ0) is 4.12. The van der Waals surface area contributed by atoms with Crippen molar-refractivity contribution in [2.45, 2.75) is 13.0 Å². The van der Waals surface area contributed by atoms with Crippen LogP contribution in [0.25, 0.3) is 0 Å². The molecule has 0 aliphatic carbocycles. The average Bonchev–Trinajstić information content (AvgIpc) is 1.41. The van der Waals surface area contributed by atoms with Gasteiger partial charge in [0.05, 0.1) is 0 Å². The first-order chi connectivity index (χ1) is 2.41. The molecule has 0 aliphatic rings. The molecule has 0 unspecified atom stereocenters. The van der Waals surface area contributed by atoms with E-state index in [1.807, 2.05) is 0 Å². The van der Waals surface area contributed by atoms with Gasteiger partial charge in [-0.05, 0) is 13.0 Å². The molecule has 0 N–H and O–H groups in total. The second kappa shape index (κ2) is 3.96. The van der Waals surface area contributed by atoms with Gasteiger partial charge in [0.15, 0.2) is 0 Å². The van der Waals surface area contributed by atoms with E-state index in [0.29, 0.717) is 0 Å². The topological polar surface area (TPSA) is 0 Å². The van der Waals surface area contributed by atoms with Crippen molar-refractivity contribution in [2.24, 2.45) is 0 Å². The van der Waals surface area contributed by atoms with Crippen molar-refractivity contribution < 1.29 is 0 Å². The highest BCUT2D eigenvalue weighted by Gasteiger charge is 1.52. The number of rotatable bonds is 1. The molecule has 0 atom stereocenters. The number of allylic oxidation sites excluding steroid dienone is 2. The minimum Gasteiger partial charge on any atom is -0.0924 e. The van der Waals surface area contributed by atoms with Crippen molar-refractivity contribution in [2.75, 3.05) is 0 Å². The molecule has 0 nitrogen and oxygen atoms in total. The highest BCUT2D eigenvalue weighted by Crippen LogP contribution is 1.70. The Hall–Kier alpha value is -0.0431. The minimum atomic E-state index is 1.30. The SMILES string of the molecule is CC=CC[SiH3]. The van der Waals surface area contributed by atoms with E-state index in [1.165, 1.54) is 16.3 Å². The highest BCUT2D eigenvalue weighted by atomic mass is 28.1. The van der Waals surface area contributed by atoms with Gasteiger partial charge in [-0.3, -0.25) is 0 Å². The molecule has 0 fully saturated rings. The van der Waals surface area contributed by atoms with Gasteiger partial charge in [-0.25, -0.2) is 0 Å². The Balaban J connectivity index is 2.62. The van der Waals surface area contributed by atoms with Crippen LogP contribution in [-0.4, -0.2) is 10.2 Å². The van der Waals surface area contributed by atoms with Crippen molar-refractivity contribution in [3.63, 3.8) is 0 Å². The quantitative estimate of drug-likeness (QED) is 0.319. The molecule has 30 valence electrons. The predicted octanol–water partition coefficient (Wildman–Crippen LogP) is 0.346. The molecule has 0 amide bonds. The molecule has 0 heterocycles. The van der Waals surface area contributed by atoms with Gasteiger partial charge in [-0.1, -0.05) is 12.2 Å². The molecule has 1 heteroatoms. The molecule has 0 aromatic carbocycles. The molecule has 0 radical (unpaired) electrons. The Morgan fingerprint density at radius 2 is 2.40 bits per heavy atom. The summed E-state index contributed by atoms with van der Waals surface area (Å²) in [6.07, 6.45) is 4.28. The Bertz CT molecular complexity index is 30.6.